The van der Waals surface area contributed by atoms with Gasteiger partial charge in [-0.15, -0.1) is 0 Å². The molecular formula is C17H19BrN2O4S. The summed E-state index contributed by atoms with van der Waals surface area (Å²) in [6.07, 6.45) is 0. The Balaban J connectivity index is 2.39. The van der Waals surface area contributed by atoms with E-state index in [1.165, 1.54) is 30.2 Å². The van der Waals surface area contributed by atoms with Gasteiger partial charge in [-0.2, -0.15) is 0 Å². The molecule has 25 heavy (non-hydrogen) atoms. The zero-order chi connectivity index (χ0) is 18.8. The number of benzene rings is 2. The summed E-state index contributed by atoms with van der Waals surface area (Å²) in [6, 6.07) is 9.39. The van der Waals surface area contributed by atoms with Gasteiger partial charge in [0.25, 0.3) is 15.9 Å². The standard InChI is InChI=1S/C17H19BrN2O4S/c1-11-5-6-12(17(21)20(2)3)9-15(11)19-25(22,23)13-7-8-16(24-4)14(18)10-13/h5-10,19H,1-4H3. The summed E-state index contributed by atoms with van der Waals surface area (Å²) in [6.45, 7) is 1.77. The van der Waals surface area contributed by atoms with E-state index in [0.717, 1.165) is 0 Å². The van der Waals surface area contributed by atoms with Crippen LogP contribution in [0.15, 0.2) is 45.8 Å². The zero-order valence-corrected chi connectivity index (χ0v) is 16.7. The molecule has 0 spiro atoms. The molecule has 0 aliphatic carbocycles. The van der Waals surface area contributed by atoms with Gasteiger partial charge in [-0.05, 0) is 58.7 Å². The lowest BCUT2D eigenvalue weighted by Crippen LogP contribution is -2.22. The number of hydrogen-bond donors (Lipinski definition) is 1. The van der Waals surface area contributed by atoms with Gasteiger partial charge in [0.05, 0.1) is 22.2 Å². The number of rotatable bonds is 5. The van der Waals surface area contributed by atoms with Crippen LogP contribution >= 0.6 is 15.9 Å². The molecule has 0 atom stereocenters. The van der Waals surface area contributed by atoms with Gasteiger partial charge in [0.15, 0.2) is 0 Å². The number of anilines is 1. The van der Waals surface area contributed by atoms with Crippen molar-refractivity contribution in [3.8, 4) is 5.75 Å². The fraction of sp³-hybridized carbons (Fsp3) is 0.235. The summed E-state index contributed by atoms with van der Waals surface area (Å²) in [5.41, 5.74) is 1.48. The Morgan fingerprint density at radius 1 is 1.16 bits per heavy atom. The van der Waals surface area contributed by atoms with Gasteiger partial charge in [0, 0.05) is 19.7 Å². The van der Waals surface area contributed by atoms with Crippen molar-refractivity contribution in [2.75, 3.05) is 25.9 Å². The first kappa shape index (κ1) is 19.3. The molecule has 1 amide bonds. The Morgan fingerprint density at radius 2 is 1.84 bits per heavy atom. The van der Waals surface area contributed by atoms with E-state index in [1.807, 2.05) is 0 Å². The molecular weight excluding hydrogens is 408 g/mol. The summed E-state index contributed by atoms with van der Waals surface area (Å²) in [4.78, 5) is 13.6. The molecule has 134 valence electrons. The number of aryl methyl sites for hydroxylation is 1. The second kappa shape index (κ2) is 7.45. The van der Waals surface area contributed by atoms with Gasteiger partial charge < -0.3 is 9.64 Å². The average Bonchev–Trinajstić information content (AvgIpc) is 2.55. The van der Waals surface area contributed by atoms with Crippen molar-refractivity contribution < 1.29 is 17.9 Å². The SMILES string of the molecule is COc1ccc(S(=O)(=O)Nc2cc(C(=O)N(C)C)ccc2C)cc1Br. The molecule has 1 N–H and O–H groups in total. The summed E-state index contributed by atoms with van der Waals surface area (Å²) in [7, 11) is 0.976. The van der Waals surface area contributed by atoms with E-state index in [0.29, 0.717) is 27.0 Å². The van der Waals surface area contributed by atoms with Crippen LogP contribution in [0.25, 0.3) is 0 Å². The van der Waals surface area contributed by atoms with E-state index in [-0.39, 0.29) is 10.8 Å². The molecule has 0 bridgehead atoms. The molecule has 0 heterocycles. The van der Waals surface area contributed by atoms with Crippen LogP contribution in [0.5, 0.6) is 5.75 Å². The largest absolute Gasteiger partial charge is 0.496 e. The number of sulfonamides is 1. The van der Waals surface area contributed by atoms with E-state index in [1.54, 1.807) is 39.2 Å². The van der Waals surface area contributed by atoms with E-state index in [9.17, 15) is 13.2 Å². The van der Waals surface area contributed by atoms with E-state index >= 15 is 0 Å². The van der Waals surface area contributed by atoms with Crippen LogP contribution in [0.3, 0.4) is 0 Å². The highest BCUT2D eigenvalue weighted by atomic mass is 79.9. The molecule has 0 aliphatic rings. The second-order valence-electron chi connectivity index (χ2n) is 5.63. The zero-order valence-electron chi connectivity index (χ0n) is 14.3. The van der Waals surface area contributed by atoms with Crippen molar-refractivity contribution in [3.63, 3.8) is 0 Å². The quantitative estimate of drug-likeness (QED) is 0.795. The molecule has 0 fully saturated rings. The number of hydrogen-bond acceptors (Lipinski definition) is 4. The van der Waals surface area contributed by atoms with Crippen molar-refractivity contribution in [3.05, 3.63) is 52.0 Å². The molecule has 0 radical (unpaired) electrons. The smallest absolute Gasteiger partial charge is 0.261 e. The molecule has 0 aliphatic heterocycles. The normalized spacial score (nSPS) is 11.1. The third-order valence-corrected chi connectivity index (χ3v) is 5.55. The van der Waals surface area contributed by atoms with E-state index < -0.39 is 10.0 Å². The number of carbonyl (C=O) groups is 1. The van der Waals surface area contributed by atoms with Crippen LogP contribution in [0.2, 0.25) is 0 Å². The number of ether oxygens (including phenoxy) is 1. The lowest BCUT2D eigenvalue weighted by molar-refractivity contribution is 0.0827. The van der Waals surface area contributed by atoms with Crippen LogP contribution in [-0.4, -0.2) is 40.4 Å². The molecule has 0 saturated carbocycles. The molecule has 2 aromatic carbocycles. The average molecular weight is 427 g/mol. The highest BCUT2D eigenvalue weighted by Gasteiger charge is 2.18. The minimum atomic E-state index is -3.81. The summed E-state index contributed by atoms with van der Waals surface area (Å²) < 4.78 is 33.5. The van der Waals surface area contributed by atoms with Crippen molar-refractivity contribution in [1.82, 2.24) is 4.90 Å². The highest BCUT2D eigenvalue weighted by molar-refractivity contribution is 9.10. The van der Waals surface area contributed by atoms with E-state index in [4.69, 9.17) is 4.74 Å². The Morgan fingerprint density at radius 3 is 2.40 bits per heavy atom. The third kappa shape index (κ3) is 4.32. The van der Waals surface area contributed by atoms with Crippen LogP contribution in [0.4, 0.5) is 5.69 Å². The van der Waals surface area contributed by atoms with Crippen LogP contribution in [0.1, 0.15) is 15.9 Å². The number of methoxy groups -OCH3 is 1. The Hall–Kier alpha value is -2.06. The number of nitrogens with one attached hydrogen (secondary N) is 1. The fourth-order valence-corrected chi connectivity index (χ4v) is 3.98. The predicted octanol–water partition coefficient (Wildman–Crippen LogP) is 3.27. The molecule has 6 nitrogen and oxygen atoms in total. The van der Waals surface area contributed by atoms with Gasteiger partial charge in [0.2, 0.25) is 0 Å². The Kier molecular flexibility index (Phi) is 5.74. The summed E-state index contributed by atoms with van der Waals surface area (Å²) in [5, 5.41) is 0. The molecule has 2 aromatic rings. The minimum Gasteiger partial charge on any atom is -0.496 e. The number of nitrogens with zero attached hydrogens (tertiary/aromatic N) is 1. The molecule has 2 rings (SSSR count). The number of halogens is 1. The van der Waals surface area contributed by atoms with Gasteiger partial charge in [0.1, 0.15) is 5.75 Å². The van der Waals surface area contributed by atoms with Crippen molar-refractivity contribution >= 4 is 37.5 Å². The van der Waals surface area contributed by atoms with Gasteiger partial charge in [-0.1, -0.05) is 6.07 Å². The maximum absolute atomic E-state index is 12.7. The van der Waals surface area contributed by atoms with Crippen LogP contribution in [0, 0.1) is 6.92 Å². The van der Waals surface area contributed by atoms with Crippen molar-refractivity contribution in [2.45, 2.75) is 11.8 Å². The Labute approximate surface area is 156 Å². The van der Waals surface area contributed by atoms with Gasteiger partial charge >= 0.3 is 0 Å². The van der Waals surface area contributed by atoms with Crippen LogP contribution in [-0.2, 0) is 10.0 Å². The monoisotopic (exact) mass is 426 g/mol. The molecule has 0 unspecified atom stereocenters. The maximum Gasteiger partial charge on any atom is 0.261 e. The highest BCUT2D eigenvalue weighted by Crippen LogP contribution is 2.29. The molecule has 8 heteroatoms. The topological polar surface area (TPSA) is 75.7 Å². The van der Waals surface area contributed by atoms with Crippen molar-refractivity contribution in [2.24, 2.45) is 0 Å². The van der Waals surface area contributed by atoms with Gasteiger partial charge in [-0.3, -0.25) is 9.52 Å². The summed E-state index contributed by atoms with van der Waals surface area (Å²) >= 11 is 3.28. The number of amides is 1. The maximum atomic E-state index is 12.7. The van der Waals surface area contributed by atoms with Crippen LogP contribution < -0.4 is 9.46 Å². The summed E-state index contributed by atoms with van der Waals surface area (Å²) in [5.74, 6) is 0.335. The molecule has 0 saturated heterocycles. The number of carbonyl (C=O) groups excluding carboxylic acids is 1. The third-order valence-electron chi connectivity index (χ3n) is 3.57. The Bertz CT molecular complexity index is 911. The first-order valence-electron chi connectivity index (χ1n) is 7.34. The van der Waals surface area contributed by atoms with E-state index in [2.05, 4.69) is 20.7 Å². The molecule has 0 aromatic heterocycles. The lowest BCUT2D eigenvalue weighted by atomic mass is 10.1. The fourth-order valence-electron chi connectivity index (χ4n) is 2.14. The predicted molar refractivity (Wildman–Crippen MR) is 101 cm³/mol. The van der Waals surface area contributed by atoms with Crippen molar-refractivity contribution in [1.29, 1.82) is 0 Å². The minimum absolute atomic E-state index is 0.0870. The first-order chi connectivity index (χ1) is 11.7. The van der Waals surface area contributed by atoms with Gasteiger partial charge in [-0.25, -0.2) is 8.42 Å². The first-order valence-corrected chi connectivity index (χ1v) is 9.62. The lowest BCUT2D eigenvalue weighted by Gasteiger charge is -2.15. The second-order valence-corrected chi connectivity index (χ2v) is 8.17.